The van der Waals surface area contributed by atoms with Crippen LogP contribution in [0.4, 0.5) is 0 Å². The van der Waals surface area contributed by atoms with Crippen molar-refractivity contribution < 1.29 is 14.6 Å². The molecule has 0 fully saturated rings. The van der Waals surface area contributed by atoms with E-state index in [-0.39, 0.29) is 12.5 Å². The Hall–Kier alpha value is -1.07. The van der Waals surface area contributed by atoms with Crippen LogP contribution in [0.25, 0.3) is 0 Å². The molecule has 0 aliphatic carbocycles. The lowest BCUT2D eigenvalue weighted by Gasteiger charge is -2.16. The van der Waals surface area contributed by atoms with Crippen LogP contribution in [0.3, 0.4) is 0 Å². The standard InChI is InChI=1S/C13H18BrNO3/c1-15(7-8-16)13(17)6-3-10-9-11(14)4-5-12(10)18-2/h4-5,9,16H,3,6-8H2,1-2H3. The maximum atomic E-state index is 11.8. The molecule has 0 bridgehead atoms. The molecule has 18 heavy (non-hydrogen) atoms. The molecule has 5 heteroatoms. The Labute approximate surface area is 116 Å². The monoisotopic (exact) mass is 315 g/mol. The Balaban J connectivity index is 2.62. The smallest absolute Gasteiger partial charge is 0.222 e. The molecule has 0 aliphatic rings. The van der Waals surface area contributed by atoms with Gasteiger partial charge < -0.3 is 14.7 Å². The molecule has 0 heterocycles. The van der Waals surface area contributed by atoms with E-state index in [4.69, 9.17) is 9.84 Å². The number of carbonyl (C=O) groups is 1. The summed E-state index contributed by atoms with van der Waals surface area (Å²) in [5.74, 6) is 0.807. The molecule has 0 saturated heterocycles. The first-order valence-electron chi connectivity index (χ1n) is 5.75. The third-order valence-electron chi connectivity index (χ3n) is 2.71. The minimum absolute atomic E-state index is 0.0115. The number of aliphatic hydroxyl groups excluding tert-OH is 1. The van der Waals surface area contributed by atoms with Crippen molar-refractivity contribution in [1.82, 2.24) is 4.90 Å². The van der Waals surface area contributed by atoms with Gasteiger partial charge in [0.1, 0.15) is 5.75 Å². The molecule has 1 aromatic rings. The summed E-state index contributed by atoms with van der Waals surface area (Å²) >= 11 is 3.40. The molecular weight excluding hydrogens is 298 g/mol. The molecule has 1 aromatic carbocycles. The fraction of sp³-hybridized carbons (Fsp3) is 0.462. The molecule has 0 unspecified atom stereocenters. The highest BCUT2D eigenvalue weighted by Crippen LogP contribution is 2.24. The van der Waals surface area contributed by atoms with Crippen LogP contribution in [-0.2, 0) is 11.2 Å². The second-order valence-electron chi connectivity index (χ2n) is 4.00. The number of halogens is 1. The first kappa shape index (κ1) is 15.0. The highest BCUT2D eigenvalue weighted by Gasteiger charge is 2.10. The largest absolute Gasteiger partial charge is 0.496 e. The zero-order valence-corrected chi connectivity index (χ0v) is 12.2. The van der Waals surface area contributed by atoms with Gasteiger partial charge in [0.15, 0.2) is 0 Å². The van der Waals surface area contributed by atoms with Crippen molar-refractivity contribution in [2.24, 2.45) is 0 Å². The van der Waals surface area contributed by atoms with Gasteiger partial charge in [0.2, 0.25) is 5.91 Å². The van der Waals surface area contributed by atoms with Crippen molar-refractivity contribution >= 4 is 21.8 Å². The predicted molar refractivity (Wildman–Crippen MR) is 73.7 cm³/mol. The number of nitrogens with zero attached hydrogens (tertiary/aromatic N) is 1. The number of benzene rings is 1. The maximum absolute atomic E-state index is 11.8. The molecule has 0 saturated carbocycles. The maximum Gasteiger partial charge on any atom is 0.222 e. The van der Waals surface area contributed by atoms with Crippen molar-refractivity contribution in [1.29, 1.82) is 0 Å². The summed E-state index contributed by atoms with van der Waals surface area (Å²) < 4.78 is 6.22. The number of likely N-dealkylation sites (N-methyl/N-ethyl adjacent to an activating group) is 1. The summed E-state index contributed by atoms with van der Waals surface area (Å²) in [5.41, 5.74) is 0.998. The highest BCUT2D eigenvalue weighted by molar-refractivity contribution is 9.10. The summed E-state index contributed by atoms with van der Waals surface area (Å²) in [7, 11) is 3.31. The van der Waals surface area contributed by atoms with Crippen molar-refractivity contribution in [3.05, 3.63) is 28.2 Å². The zero-order chi connectivity index (χ0) is 13.5. The molecule has 0 radical (unpaired) electrons. The van der Waals surface area contributed by atoms with E-state index in [9.17, 15) is 4.79 Å². The third-order valence-corrected chi connectivity index (χ3v) is 3.21. The lowest BCUT2D eigenvalue weighted by atomic mass is 10.1. The zero-order valence-electron chi connectivity index (χ0n) is 10.6. The van der Waals surface area contributed by atoms with Crippen LogP contribution < -0.4 is 4.74 Å². The van der Waals surface area contributed by atoms with Crippen molar-refractivity contribution in [3.8, 4) is 5.75 Å². The summed E-state index contributed by atoms with van der Waals surface area (Å²) in [6.07, 6.45) is 1.03. The molecule has 0 aromatic heterocycles. The van der Waals surface area contributed by atoms with Crippen LogP contribution in [0, 0.1) is 0 Å². The minimum atomic E-state index is -0.0115. The van der Waals surface area contributed by atoms with E-state index in [2.05, 4.69) is 15.9 Å². The molecule has 1 N–H and O–H groups in total. The third kappa shape index (κ3) is 4.31. The number of methoxy groups -OCH3 is 1. The van der Waals surface area contributed by atoms with Crippen LogP contribution >= 0.6 is 15.9 Å². The fourth-order valence-electron chi connectivity index (χ4n) is 1.65. The molecule has 1 amide bonds. The minimum Gasteiger partial charge on any atom is -0.496 e. The number of rotatable bonds is 6. The SMILES string of the molecule is COc1ccc(Br)cc1CCC(=O)N(C)CCO. The van der Waals surface area contributed by atoms with Crippen molar-refractivity contribution in [3.63, 3.8) is 0 Å². The van der Waals surface area contributed by atoms with Crippen molar-refractivity contribution in [2.45, 2.75) is 12.8 Å². The first-order valence-corrected chi connectivity index (χ1v) is 6.55. The van der Waals surface area contributed by atoms with Gasteiger partial charge >= 0.3 is 0 Å². The Kier molecular flexibility index (Phi) is 6.15. The van der Waals surface area contributed by atoms with Gasteiger partial charge in [-0.1, -0.05) is 15.9 Å². The number of ether oxygens (including phenoxy) is 1. The van der Waals surface area contributed by atoms with Gasteiger partial charge in [0, 0.05) is 24.5 Å². The van der Waals surface area contributed by atoms with Crippen molar-refractivity contribution in [2.75, 3.05) is 27.3 Å². The predicted octanol–water partition coefficient (Wildman–Crippen LogP) is 1.84. The quantitative estimate of drug-likeness (QED) is 0.871. The van der Waals surface area contributed by atoms with E-state index >= 15 is 0 Å². The van der Waals surface area contributed by atoms with Gasteiger partial charge in [-0.2, -0.15) is 0 Å². The van der Waals surface area contributed by atoms with Crippen LogP contribution in [0.5, 0.6) is 5.75 Å². The Bertz CT molecular complexity index is 409. The van der Waals surface area contributed by atoms with Gasteiger partial charge in [-0.3, -0.25) is 4.79 Å². The summed E-state index contributed by atoms with van der Waals surface area (Å²) in [6, 6.07) is 5.74. The van der Waals surface area contributed by atoms with Gasteiger partial charge in [0.25, 0.3) is 0 Å². The second-order valence-corrected chi connectivity index (χ2v) is 4.91. The van der Waals surface area contributed by atoms with E-state index in [0.717, 1.165) is 15.8 Å². The number of aryl methyl sites for hydroxylation is 1. The second kappa shape index (κ2) is 7.38. The lowest BCUT2D eigenvalue weighted by molar-refractivity contribution is -0.130. The van der Waals surface area contributed by atoms with E-state index in [1.165, 1.54) is 4.90 Å². The Morgan fingerprint density at radius 2 is 2.22 bits per heavy atom. The average molecular weight is 316 g/mol. The lowest BCUT2D eigenvalue weighted by Crippen LogP contribution is -2.29. The summed E-state index contributed by atoms with van der Waals surface area (Å²) in [5, 5.41) is 8.77. The number of hydrogen-bond donors (Lipinski definition) is 1. The number of carbonyl (C=O) groups excluding carboxylic acids is 1. The molecule has 0 atom stereocenters. The van der Waals surface area contributed by atoms with E-state index < -0.39 is 0 Å². The normalized spacial score (nSPS) is 10.2. The van der Waals surface area contributed by atoms with Crippen LogP contribution in [0.1, 0.15) is 12.0 Å². The Morgan fingerprint density at radius 3 is 2.83 bits per heavy atom. The van der Waals surface area contributed by atoms with Gasteiger partial charge in [-0.25, -0.2) is 0 Å². The molecule has 4 nitrogen and oxygen atoms in total. The van der Waals surface area contributed by atoms with E-state index in [0.29, 0.717) is 19.4 Å². The van der Waals surface area contributed by atoms with Gasteiger partial charge in [-0.05, 0) is 30.2 Å². The van der Waals surface area contributed by atoms with Gasteiger partial charge in [0.05, 0.1) is 13.7 Å². The number of amides is 1. The molecule has 0 aliphatic heterocycles. The van der Waals surface area contributed by atoms with Crippen LogP contribution in [0.2, 0.25) is 0 Å². The van der Waals surface area contributed by atoms with E-state index in [1.54, 1.807) is 14.2 Å². The number of hydrogen-bond acceptors (Lipinski definition) is 3. The van der Waals surface area contributed by atoms with Gasteiger partial charge in [-0.15, -0.1) is 0 Å². The molecule has 100 valence electrons. The number of aliphatic hydroxyl groups is 1. The highest BCUT2D eigenvalue weighted by atomic mass is 79.9. The molecular formula is C13H18BrNO3. The topological polar surface area (TPSA) is 49.8 Å². The van der Waals surface area contributed by atoms with Crippen LogP contribution in [0.15, 0.2) is 22.7 Å². The van der Waals surface area contributed by atoms with Crippen LogP contribution in [-0.4, -0.2) is 43.2 Å². The molecule has 0 spiro atoms. The fourth-order valence-corrected chi connectivity index (χ4v) is 2.06. The first-order chi connectivity index (χ1) is 8.58. The van der Waals surface area contributed by atoms with E-state index in [1.807, 2.05) is 18.2 Å². The summed E-state index contributed by atoms with van der Waals surface area (Å²) in [6.45, 7) is 0.358. The summed E-state index contributed by atoms with van der Waals surface area (Å²) in [4.78, 5) is 13.3. The molecule has 1 rings (SSSR count). The average Bonchev–Trinajstić information content (AvgIpc) is 2.36. The Morgan fingerprint density at radius 1 is 1.50 bits per heavy atom.